The SMILES string of the molecule is NC(=O)C1=C2C(=NC1=O)c1cccc3c(C4CNCCS4)ccc2c13. The Labute approximate surface area is 148 Å². The van der Waals surface area contributed by atoms with Crippen molar-refractivity contribution in [3.05, 3.63) is 52.6 Å². The topological polar surface area (TPSA) is 84.6 Å². The molecule has 1 fully saturated rings. The third-order valence-electron chi connectivity index (χ3n) is 5.03. The largest absolute Gasteiger partial charge is 0.365 e. The summed E-state index contributed by atoms with van der Waals surface area (Å²) in [6.45, 7) is 1.98. The number of hydrogen-bond acceptors (Lipinski definition) is 4. The minimum absolute atomic E-state index is 0.00829. The van der Waals surface area contributed by atoms with Crippen LogP contribution in [0.2, 0.25) is 0 Å². The van der Waals surface area contributed by atoms with Gasteiger partial charge < -0.3 is 11.1 Å². The number of allylic oxidation sites excluding steroid dienone is 1. The normalized spacial score (nSPS) is 21.7. The van der Waals surface area contributed by atoms with E-state index in [0.29, 0.717) is 16.5 Å². The van der Waals surface area contributed by atoms with Gasteiger partial charge in [-0.1, -0.05) is 30.3 Å². The minimum atomic E-state index is -0.712. The molecule has 2 aromatic carbocycles. The lowest BCUT2D eigenvalue weighted by atomic mass is 9.96. The number of thioether (sulfide) groups is 1. The highest BCUT2D eigenvalue weighted by atomic mass is 32.2. The van der Waals surface area contributed by atoms with Crippen molar-refractivity contribution in [2.24, 2.45) is 10.7 Å². The maximum absolute atomic E-state index is 12.1. The van der Waals surface area contributed by atoms with Crippen LogP contribution < -0.4 is 11.1 Å². The summed E-state index contributed by atoms with van der Waals surface area (Å²) in [5, 5.41) is 6.08. The molecule has 0 saturated carbocycles. The number of fused-ring (bicyclic) bond motifs is 3. The number of rotatable bonds is 2. The molecule has 2 heterocycles. The summed E-state index contributed by atoms with van der Waals surface area (Å²) >= 11 is 1.96. The van der Waals surface area contributed by atoms with E-state index in [-0.39, 0.29) is 5.57 Å². The molecule has 2 aromatic rings. The molecule has 124 valence electrons. The van der Waals surface area contributed by atoms with E-state index in [1.165, 1.54) is 5.56 Å². The highest BCUT2D eigenvalue weighted by molar-refractivity contribution is 7.99. The summed E-state index contributed by atoms with van der Waals surface area (Å²) in [6.07, 6.45) is 0. The first-order valence-corrected chi connectivity index (χ1v) is 9.28. The maximum atomic E-state index is 12.1. The van der Waals surface area contributed by atoms with Crippen LogP contribution in [0.4, 0.5) is 0 Å². The van der Waals surface area contributed by atoms with Crippen LogP contribution in [0.25, 0.3) is 16.3 Å². The Bertz CT molecular complexity index is 1030. The Balaban J connectivity index is 1.79. The summed E-state index contributed by atoms with van der Waals surface area (Å²) < 4.78 is 0. The molecule has 3 aliphatic rings. The van der Waals surface area contributed by atoms with Crippen molar-refractivity contribution >= 4 is 45.6 Å². The number of nitrogens with one attached hydrogen (secondary N) is 1. The van der Waals surface area contributed by atoms with Gasteiger partial charge in [0.1, 0.15) is 5.57 Å². The van der Waals surface area contributed by atoms with E-state index in [0.717, 1.165) is 40.7 Å². The van der Waals surface area contributed by atoms with Gasteiger partial charge in [0.15, 0.2) is 0 Å². The number of hydrogen-bond donors (Lipinski definition) is 2. The molecule has 0 bridgehead atoms. The van der Waals surface area contributed by atoms with Crippen molar-refractivity contribution in [1.82, 2.24) is 5.32 Å². The molecule has 6 heteroatoms. The third-order valence-corrected chi connectivity index (χ3v) is 6.30. The van der Waals surface area contributed by atoms with Crippen molar-refractivity contribution in [1.29, 1.82) is 0 Å². The summed E-state index contributed by atoms with van der Waals surface area (Å²) in [5.41, 5.74) is 9.74. The van der Waals surface area contributed by atoms with Crippen LogP contribution in [0.15, 0.2) is 40.9 Å². The van der Waals surface area contributed by atoms with E-state index in [4.69, 9.17) is 5.73 Å². The molecule has 1 unspecified atom stereocenters. The minimum Gasteiger partial charge on any atom is -0.365 e. The molecule has 25 heavy (non-hydrogen) atoms. The molecule has 0 spiro atoms. The Hall–Kier alpha value is -2.44. The van der Waals surface area contributed by atoms with Gasteiger partial charge in [0, 0.05) is 35.2 Å². The van der Waals surface area contributed by atoms with Gasteiger partial charge in [0.05, 0.1) is 5.71 Å². The van der Waals surface area contributed by atoms with Crippen LogP contribution in [-0.4, -0.2) is 36.4 Å². The molecule has 1 saturated heterocycles. The fourth-order valence-corrected chi connectivity index (χ4v) is 5.17. The molecule has 2 amide bonds. The number of carbonyl (C=O) groups is 2. The van der Waals surface area contributed by atoms with Crippen LogP contribution in [-0.2, 0) is 9.59 Å². The quantitative estimate of drug-likeness (QED) is 0.810. The molecule has 1 atom stereocenters. The van der Waals surface area contributed by atoms with Crippen LogP contribution in [0.5, 0.6) is 0 Å². The Morgan fingerprint density at radius 2 is 2.12 bits per heavy atom. The Morgan fingerprint density at radius 3 is 2.88 bits per heavy atom. The summed E-state index contributed by atoms with van der Waals surface area (Å²) in [7, 11) is 0. The van der Waals surface area contributed by atoms with Crippen LogP contribution in [0.1, 0.15) is 21.9 Å². The average Bonchev–Trinajstić information content (AvgIpc) is 3.12. The van der Waals surface area contributed by atoms with Gasteiger partial charge in [-0.15, -0.1) is 0 Å². The van der Waals surface area contributed by atoms with E-state index in [9.17, 15) is 9.59 Å². The zero-order valence-electron chi connectivity index (χ0n) is 13.3. The fraction of sp³-hybridized carbons (Fsp3) is 0.211. The monoisotopic (exact) mass is 349 g/mol. The van der Waals surface area contributed by atoms with Crippen molar-refractivity contribution < 1.29 is 9.59 Å². The molecular weight excluding hydrogens is 334 g/mol. The molecular formula is C19H15N3O2S. The number of benzene rings is 2. The van der Waals surface area contributed by atoms with Crippen LogP contribution >= 0.6 is 11.8 Å². The van der Waals surface area contributed by atoms with Crippen LogP contribution in [0, 0.1) is 0 Å². The van der Waals surface area contributed by atoms with Gasteiger partial charge >= 0.3 is 0 Å². The molecule has 2 aliphatic heterocycles. The number of amides is 2. The molecule has 0 radical (unpaired) electrons. The smallest absolute Gasteiger partial charge is 0.283 e. The molecule has 5 rings (SSSR count). The van der Waals surface area contributed by atoms with Crippen LogP contribution in [0.3, 0.4) is 0 Å². The van der Waals surface area contributed by atoms with E-state index < -0.39 is 11.8 Å². The van der Waals surface area contributed by atoms with E-state index in [1.54, 1.807) is 0 Å². The van der Waals surface area contributed by atoms with Gasteiger partial charge in [-0.25, -0.2) is 4.99 Å². The zero-order valence-corrected chi connectivity index (χ0v) is 14.2. The first-order valence-electron chi connectivity index (χ1n) is 8.23. The number of carbonyl (C=O) groups excluding carboxylic acids is 2. The van der Waals surface area contributed by atoms with Crippen molar-refractivity contribution in [3.63, 3.8) is 0 Å². The third kappa shape index (κ3) is 1.98. The first kappa shape index (κ1) is 14.9. The predicted octanol–water partition coefficient (Wildman–Crippen LogP) is 1.80. The van der Waals surface area contributed by atoms with Crippen molar-refractivity contribution in [3.8, 4) is 0 Å². The summed E-state index contributed by atoms with van der Waals surface area (Å²) in [4.78, 5) is 28.0. The Morgan fingerprint density at radius 1 is 1.24 bits per heavy atom. The second-order valence-electron chi connectivity index (χ2n) is 6.37. The van der Waals surface area contributed by atoms with Gasteiger partial charge in [0.25, 0.3) is 11.8 Å². The standard InChI is InChI=1S/C19H15N3O2S/c20-18(23)16-15-11-5-4-9(13-8-21-6-7-25-13)10-2-1-3-12(14(10)11)17(15)22-19(16)24/h1-5,13,21H,6-8H2,(H2,20,23). The molecule has 3 N–H and O–H groups in total. The second kappa shape index (κ2) is 5.28. The first-order chi connectivity index (χ1) is 12.2. The number of aliphatic imine (C=N–C) groups is 1. The van der Waals surface area contributed by atoms with Gasteiger partial charge in [-0.2, -0.15) is 11.8 Å². The summed E-state index contributed by atoms with van der Waals surface area (Å²) in [6, 6.07) is 10.2. The maximum Gasteiger partial charge on any atom is 0.283 e. The lowest BCUT2D eigenvalue weighted by molar-refractivity contribution is -0.119. The average molecular weight is 349 g/mol. The lowest BCUT2D eigenvalue weighted by Crippen LogP contribution is -2.28. The molecule has 0 aromatic heterocycles. The zero-order chi connectivity index (χ0) is 17.1. The predicted molar refractivity (Wildman–Crippen MR) is 99.7 cm³/mol. The summed E-state index contributed by atoms with van der Waals surface area (Å²) in [5.74, 6) is -0.154. The highest BCUT2D eigenvalue weighted by Crippen LogP contribution is 2.46. The lowest BCUT2D eigenvalue weighted by Gasteiger charge is -2.24. The highest BCUT2D eigenvalue weighted by Gasteiger charge is 2.38. The van der Waals surface area contributed by atoms with E-state index in [1.807, 2.05) is 30.0 Å². The van der Waals surface area contributed by atoms with Crippen molar-refractivity contribution in [2.75, 3.05) is 18.8 Å². The van der Waals surface area contributed by atoms with E-state index in [2.05, 4.69) is 22.4 Å². The number of primary amides is 1. The number of nitrogens with zero attached hydrogens (tertiary/aromatic N) is 1. The number of nitrogens with two attached hydrogens (primary N) is 1. The van der Waals surface area contributed by atoms with Gasteiger partial charge in [-0.05, 0) is 21.9 Å². The molecule has 1 aliphatic carbocycles. The Kier molecular flexibility index (Phi) is 3.14. The van der Waals surface area contributed by atoms with Gasteiger partial charge in [0.2, 0.25) is 0 Å². The molecule has 5 nitrogen and oxygen atoms in total. The fourth-order valence-electron chi connectivity index (χ4n) is 4.01. The van der Waals surface area contributed by atoms with Gasteiger partial charge in [-0.3, -0.25) is 9.59 Å². The van der Waals surface area contributed by atoms with E-state index >= 15 is 0 Å². The second-order valence-corrected chi connectivity index (χ2v) is 7.68. The van der Waals surface area contributed by atoms with Crippen molar-refractivity contribution in [2.45, 2.75) is 5.25 Å².